The fourth-order valence-corrected chi connectivity index (χ4v) is 8.54. The first-order valence-corrected chi connectivity index (χ1v) is 13.9. The van der Waals surface area contributed by atoms with Gasteiger partial charge in [-0.3, -0.25) is 4.52 Å². The van der Waals surface area contributed by atoms with E-state index in [1.165, 1.54) is 17.5 Å². The van der Waals surface area contributed by atoms with Crippen LogP contribution in [0.2, 0.25) is 0 Å². The van der Waals surface area contributed by atoms with E-state index in [1.807, 2.05) is 43.3 Å². The molecule has 2 saturated carbocycles. The SMILES string of the molecule is CCOP(=O)(Cc1ccccc1)Oc1ccc2c(c1)[C@H]1CC[C@]3(C)[C@@H](O)CC[C@H]3[C@@H]1CC2. The molecule has 4 nitrogen and oxygen atoms in total. The molecule has 5 rings (SSSR count). The molecule has 0 spiro atoms. The summed E-state index contributed by atoms with van der Waals surface area (Å²) in [6, 6.07) is 16.0. The summed E-state index contributed by atoms with van der Waals surface area (Å²) in [5, 5.41) is 10.6. The van der Waals surface area contributed by atoms with Crippen molar-refractivity contribution in [3.8, 4) is 5.75 Å². The number of rotatable bonds is 6. The van der Waals surface area contributed by atoms with Crippen LogP contribution in [0.3, 0.4) is 0 Å². The Labute approximate surface area is 191 Å². The van der Waals surface area contributed by atoms with Gasteiger partial charge in [0.15, 0.2) is 0 Å². The van der Waals surface area contributed by atoms with E-state index in [-0.39, 0.29) is 17.7 Å². The Balaban J connectivity index is 1.40. The fraction of sp³-hybridized carbons (Fsp3) is 0.556. The lowest BCUT2D eigenvalue weighted by molar-refractivity contribution is -0.0226. The Morgan fingerprint density at radius 3 is 2.69 bits per heavy atom. The van der Waals surface area contributed by atoms with Crippen molar-refractivity contribution >= 4 is 7.60 Å². The van der Waals surface area contributed by atoms with Gasteiger partial charge in [0.2, 0.25) is 0 Å². The van der Waals surface area contributed by atoms with Crippen molar-refractivity contribution in [3.63, 3.8) is 0 Å². The minimum atomic E-state index is -3.31. The predicted molar refractivity (Wildman–Crippen MR) is 127 cm³/mol. The Bertz CT molecular complexity index is 1010. The number of hydrogen-bond donors (Lipinski definition) is 1. The highest BCUT2D eigenvalue weighted by Crippen LogP contribution is 2.61. The summed E-state index contributed by atoms with van der Waals surface area (Å²) in [6.45, 7) is 4.51. The summed E-state index contributed by atoms with van der Waals surface area (Å²) in [4.78, 5) is 0. The summed E-state index contributed by atoms with van der Waals surface area (Å²) in [5.74, 6) is 2.38. The molecule has 5 heteroatoms. The molecule has 0 aliphatic heterocycles. The van der Waals surface area contributed by atoms with E-state index in [4.69, 9.17) is 9.05 Å². The van der Waals surface area contributed by atoms with Crippen LogP contribution in [0, 0.1) is 17.3 Å². The van der Waals surface area contributed by atoms with Crippen molar-refractivity contribution in [2.24, 2.45) is 17.3 Å². The zero-order chi connectivity index (χ0) is 22.3. The van der Waals surface area contributed by atoms with Gasteiger partial charge in [0.1, 0.15) is 5.75 Å². The van der Waals surface area contributed by atoms with E-state index in [0.717, 1.165) is 37.7 Å². The lowest BCUT2D eigenvalue weighted by atomic mass is 9.55. The number of aryl methyl sites for hydroxylation is 1. The summed E-state index contributed by atoms with van der Waals surface area (Å²) in [5.41, 5.74) is 3.79. The third-order valence-corrected chi connectivity index (χ3v) is 10.3. The van der Waals surface area contributed by atoms with Crippen LogP contribution in [0.1, 0.15) is 68.6 Å². The first kappa shape index (κ1) is 22.2. The number of hydrogen-bond acceptors (Lipinski definition) is 4. The summed E-state index contributed by atoms with van der Waals surface area (Å²) in [6.07, 6.45) is 6.66. The molecule has 2 aromatic carbocycles. The highest BCUT2D eigenvalue weighted by atomic mass is 31.2. The molecule has 2 fully saturated rings. The maximum atomic E-state index is 13.6. The van der Waals surface area contributed by atoms with Gasteiger partial charge in [-0.2, -0.15) is 0 Å². The Hall–Kier alpha value is -1.61. The van der Waals surface area contributed by atoms with Crippen LogP contribution < -0.4 is 4.52 Å². The molecular formula is C27H35O4P. The van der Waals surface area contributed by atoms with E-state index in [9.17, 15) is 9.67 Å². The molecule has 1 unspecified atom stereocenters. The highest BCUT2D eigenvalue weighted by molar-refractivity contribution is 7.53. The van der Waals surface area contributed by atoms with Gasteiger partial charge in [0.05, 0.1) is 18.9 Å². The zero-order valence-electron chi connectivity index (χ0n) is 19.2. The molecule has 0 amide bonds. The summed E-state index contributed by atoms with van der Waals surface area (Å²) < 4.78 is 25.3. The van der Waals surface area contributed by atoms with Gasteiger partial charge in [-0.1, -0.05) is 43.3 Å². The number of aliphatic hydroxyl groups is 1. The minimum absolute atomic E-state index is 0.0765. The van der Waals surface area contributed by atoms with Crippen LogP contribution in [0.15, 0.2) is 48.5 Å². The molecule has 32 heavy (non-hydrogen) atoms. The van der Waals surface area contributed by atoms with Gasteiger partial charge in [0.25, 0.3) is 0 Å². The van der Waals surface area contributed by atoms with Gasteiger partial charge in [-0.15, -0.1) is 0 Å². The first-order valence-electron chi connectivity index (χ1n) is 12.2. The van der Waals surface area contributed by atoms with Gasteiger partial charge in [-0.25, -0.2) is 4.57 Å². The molecule has 3 aliphatic carbocycles. The molecule has 172 valence electrons. The normalized spacial score (nSPS) is 33.0. The molecule has 0 heterocycles. The number of aliphatic hydroxyl groups excluding tert-OH is 1. The summed E-state index contributed by atoms with van der Waals surface area (Å²) >= 11 is 0. The second-order valence-corrected chi connectivity index (χ2v) is 12.2. The first-order chi connectivity index (χ1) is 15.4. The predicted octanol–water partition coefficient (Wildman–Crippen LogP) is 6.71. The van der Waals surface area contributed by atoms with Gasteiger partial charge >= 0.3 is 7.60 Å². The Morgan fingerprint density at radius 1 is 1.09 bits per heavy atom. The van der Waals surface area contributed by atoms with Crippen molar-refractivity contribution in [2.75, 3.05) is 6.61 Å². The fourth-order valence-electron chi connectivity index (χ4n) is 6.84. The van der Waals surface area contributed by atoms with Gasteiger partial charge in [-0.05, 0) is 97.4 Å². The third kappa shape index (κ3) is 3.95. The highest BCUT2D eigenvalue weighted by Gasteiger charge is 2.54. The molecular weight excluding hydrogens is 419 g/mol. The second kappa shape index (κ2) is 8.63. The van der Waals surface area contributed by atoms with Crippen molar-refractivity contribution in [2.45, 2.75) is 70.6 Å². The summed E-state index contributed by atoms with van der Waals surface area (Å²) in [7, 11) is -3.31. The molecule has 3 aliphatic rings. The lowest BCUT2D eigenvalue weighted by Crippen LogP contribution is -2.43. The number of benzene rings is 2. The van der Waals surface area contributed by atoms with Crippen molar-refractivity contribution < 1.29 is 18.7 Å². The standard InChI is InChI=1S/C27H35O4P/c1-3-30-32(29,18-19-7-5-4-6-8-19)31-21-11-9-20-10-12-23-22(24(20)17-21)15-16-27(2)25(23)13-14-26(27)28/h4-9,11,17,22-23,25-26,28H,3,10,12-16,18H2,1-2H3/t22-,23+,25-,26-,27-,32?/m0/s1. The maximum Gasteiger partial charge on any atom is 0.383 e. The van der Waals surface area contributed by atoms with Crippen LogP contribution in [0.4, 0.5) is 0 Å². The van der Waals surface area contributed by atoms with Crippen LogP contribution in [-0.2, 0) is 21.7 Å². The molecule has 0 radical (unpaired) electrons. The molecule has 2 aromatic rings. The quantitative estimate of drug-likeness (QED) is 0.493. The van der Waals surface area contributed by atoms with E-state index < -0.39 is 7.60 Å². The Kier molecular flexibility index (Phi) is 5.99. The largest absolute Gasteiger partial charge is 0.424 e. The van der Waals surface area contributed by atoms with Crippen molar-refractivity contribution in [3.05, 3.63) is 65.2 Å². The molecule has 1 N–H and O–H groups in total. The minimum Gasteiger partial charge on any atom is -0.424 e. The van der Waals surface area contributed by atoms with E-state index in [0.29, 0.717) is 30.1 Å². The van der Waals surface area contributed by atoms with Crippen molar-refractivity contribution in [1.82, 2.24) is 0 Å². The van der Waals surface area contributed by atoms with Gasteiger partial charge < -0.3 is 9.63 Å². The van der Waals surface area contributed by atoms with Crippen molar-refractivity contribution in [1.29, 1.82) is 0 Å². The average molecular weight is 455 g/mol. The second-order valence-electron chi connectivity index (χ2n) is 10.2. The molecule has 0 bridgehead atoms. The molecule has 0 saturated heterocycles. The molecule has 6 atom stereocenters. The van der Waals surface area contributed by atoms with Crippen LogP contribution in [0.5, 0.6) is 5.75 Å². The monoisotopic (exact) mass is 454 g/mol. The van der Waals surface area contributed by atoms with Crippen LogP contribution >= 0.6 is 7.60 Å². The zero-order valence-corrected chi connectivity index (χ0v) is 20.1. The van der Waals surface area contributed by atoms with Crippen LogP contribution in [0.25, 0.3) is 0 Å². The lowest BCUT2D eigenvalue weighted by Gasteiger charge is -2.50. The van der Waals surface area contributed by atoms with E-state index in [2.05, 4.69) is 19.1 Å². The smallest absolute Gasteiger partial charge is 0.383 e. The Morgan fingerprint density at radius 2 is 1.91 bits per heavy atom. The number of fused-ring (bicyclic) bond motifs is 5. The van der Waals surface area contributed by atoms with E-state index in [1.54, 1.807) is 0 Å². The van der Waals surface area contributed by atoms with E-state index >= 15 is 0 Å². The van der Waals surface area contributed by atoms with Gasteiger partial charge in [0, 0.05) is 0 Å². The third-order valence-electron chi connectivity index (χ3n) is 8.44. The molecule has 0 aromatic heterocycles. The topological polar surface area (TPSA) is 55.8 Å². The maximum absolute atomic E-state index is 13.6. The average Bonchev–Trinajstić information content (AvgIpc) is 3.09. The van der Waals surface area contributed by atoms with Crippen LogP contribution in [-0.4, -0.2) is 17.8 Å².